The third-order valence-electron chi connectivity index (χ3n) is 7.91. The van der Waals surface area contributed by atoms with Gasteiger partial charge in [-0.15, -0.1) is 11.3 Å². The van der Waals surface area contributed by atoms with Crippen molar-refractivity contribution in [1.82, 2.24) is 24.8 Å². The number of fused-ring (bicyclic) bond motifs is 5. The molecule has 0 atom stereocenters. The number of morpholine rings is 1. The Labute approximate surface area is 228 Å². The summed E-state index contributed by atoms with van der Waals surface area (Å²) < 4.78 is 6.70. The topological polar surface area (TPSA) is 70.5 Å². The summed E-state index contributed by atoms with van der Waals surface area (Å²) in [5.41, 5.74) is 5.26. The lowest BCUT2D eigenvalue weighted by molar-refractivity contribution is 0.0391. The third kappa shape index (κ3) is 4.83. The van der Waals surface area contributed by atoms with Crippen molar-refractivity contribution >= 4 is 43.4 Å². The number of aromatic nitrogens is 4. The van der Waals surface area contributed by atoms with E-state index in [1.807, 2.05) is 18.5 Å². The number of pyridine rings is 2. The largest absolute Gasteiger partial charge is 0.379 e. The standard InChI is InChI=1S/C29H37N7OS/c1-5-34(4)26-22-16-29(2,3)15-21(22)23-24-25(38-28(23)33-26)27(32-19-31-24)36(18-20-7-6-8-30-17-20)10-9-35-11-13-37-14-12-35/h6-8,17,19H,5,9-16,18H2,1-4H3. The Hall–Kier alpha value is -2.88. The monoisotopic (exact) mass is 531 g/mol. The number of hydrogen-bond donors (Lipinski definition) is 0. The zero-order chi connectivity index (χ0) is 26.3. The summed E-state index contributed by atoms with van der Waals surface area (Å²) in [6.07, 6.45) is 7.62. The van der Waals surface area contributed by atoms with Gasteiger partial charge in [0.1, 0.15) is 22.8 Å². The molecule has 38 heavy (non-hydrogen) atoms. The van der Waals surface area contributed by atoms with Crippen LogP contribution in [0, 0.1) is 5.41 Å². The molecule has 1 aliphatic carbocycles. The maximum Gasteiger partial charge on any atom is 0.150 e. The molecule has 200 valence electrons. The molecule has 0 saturated carbocycles. The van der Waals surface area contributed by atoms with E-state index in [0.717, 1.165) is 92.0 Å². The van der Waals surface area contributed by atoms with Crippen LogP contribution in [0.15, 0.2) is 30.9 Å². The fourth-order valence-corrected chi connectivity index (χ4v) is 7.01. The third-order valence-corrected chi connectivity index (χ3v) is 8.98. The Balaban J connectivity index is 1.46. The van der Waals surface area contributed by atoms with Crippen molar-refractivity contribution in [2.75, 3.05) is 62.8 Å². The smallest absolute Gasteiger partial charge is 0.150 e. The predicted octanol–water partition coefficient (Wildman–Crippen LogP) is 4.55. The van der Waals surface area contributed by atoms with Crippen molar-refractivity contribution in [1.29, 1.82) is 0 Å². The van der Waals surface area contributed by atoms with E-state index in [1.54, 1.807) is 17.7 Å². The Morgan fingerprint density at radius 1 is 1.11 bits per heavy atom. The second-order valence-corrected chi connectivity index (χ2v) is 12.3. The maximum absolute atomic E-state index is 5.57. The highest BCUT2D eigenvalue weighted by molar-refractivity contribution is 7.26. The molecule has 0 aromatic carbocycles. The second kappa shape index (κ2) is 10.4. The fraction of sp³-hybridized carbons (Fsp3) is 0.517. The lowest BCUT2D eigenvalue weighted by Gasteiger charge is -2.30. The van der Waals surface area contributed by atoms with Gasteiger partial charge in [-0.25, -0.2) is 15.0 Å². The quantitative estimate of drug-likeness (QED) is 0.328. The molecule has 0 N–H and O–H groups in total. The van der Waals surface area contributed by atoms with Gasteiger partial charge >= 0.3 is 0 Å². The molecule has 4 aromatic rings. The summed E-state index contributed by atoms with van der Waals surface area (Å²) in [5, 5.41) is 1.23. The van der Waals surface area contributed by atoms with Crippen LogP contribution in [0.5, 0.6) is 0 Å². The maximum atomic E-state index is 5.57. The molecule has 9 heteroatoms. The van der Waals surface area contributed by atoms with E-state index in [0.29, 0.717) is 0 Å². The molecule has 1 saturated heterocycles. The van der Waals surface area contributed by atoms with E-state index in [4.69, 9.17) is 19.7 Å². The van der Waals surface area contributed by atoms with E-state index in [1.165, 1.54) is 22.1 Å². The highest BCUT2D eigenvalue weighted by atomic mass is 32.1. The highest BCUT2D eigenvalue weighted by Gasteiger charge is 2.35. The Morgan fingerprint density at radius 3 is 2.68 bits per heavy atom. The van der Waals surface area contributed by atoms with Gasteiger partial charge in [0.2, 0.25) is 0 Å². The van der Waals surface area contributed by atoms with Crippen LogP contribution in [0.4, 0.5) is 11.6 Å². The van der Waals surface area contributed by atoms with Crippen molar-refractivity contribution in [2.24, 2.45) is 5.41 Å². The summed E-state index contributed by atoms with van der Waals surface area (Å²) in [7, 11) is 2.15. The molecule has 0 spiro atoms. The summed E-state index contributed by atoms with van der Waals surface area (Å²) in [5.74, 6) is 2.12. The van der Waals surface area contributed by atoms with E-state index >= 15 is 0 Å². The average molecular weight is 532 g/mol. The number of hydrogen-bond acceptors (Lipinski definition) is 9. The van der Waals surface area contributed by atoms with Gasteiger partial charge in [0.15, 0.2) is 0 Å². The number of thiophene rings is 1. The summed E-state index contributed by atoms with van der Waals surface area (Å²) in [6.45, 7) is 14.0. The minimum Gasteiger partial charge on any atom is -0.379 e. The lowest BCUT2D eigenvalue weighted by Crippen LogP contribution is -2.41. The molecule has 0 unspecified atom stereocenters. The first-order valence-electron chi connectivity index (χ1n) is 13.7. The summed E-state index contributed by atoms with van der Waals surface area (Å²) in [4.78, 5) is 27.6. The molecular formula is C29H37N7OS. The minimum absolute atomic E-state index is 0.219. The van der Waals surface area contributed by atoms with Crippen molar-refractivity contribution in [3.63, 3.8) is 0 Å². The molecule has 8 nitrogen and oxygen atoms in total. The van der Waals surface area contributed by atoms with Crippen molar-refractivity contribution in [2.45, 2.75) is 40.2 Å². The molecule has 5 heterocycles. The van der Waals surface area contributed by atoms with Gasteiger partial charge < -0.3 is 14.5 Å². The first-order chi connectivity index (χ1) is 18.4. The Morgan fingerprint density at radius 2 is 1.92 bits per heavy atom. The van der Waals surface area contributed by atoms with E-state index in [2.05, 4.69) is 53.6 Å². The van der Waals surface area contributed by atoms with Crippen molar-refractivity contribution in [3.8, 4) is 0 Å². The second-order valence-electron chi connectivity index (χ2n) is 11.3. The highest BCUT2D eigenvalue weighted by Crippen LogP contribution is 2.47. The van der Waals surface area contributed by atoms with Crippen LogP contribution in [-0.4, -0.2) is 77.8 Å². The van der Waals surface area contributed by atoms with Crippen LogP contribution in [0.3, 0.4) is 0 Å². The minimum atomic E-state index is 0.219. The van der Waals surface area contributed by atoms with Gasteiger partial charge in [-0.05, 0) is 47.9 Å². The van der Waals surface area contributed by atoms with Gasteiger partial charge in [-0.1, -0.05) is 19.9 Å². The first kappa shape index (κ1) is 25.4. The number of rotatable bonds is 8. The van der Waals surface area contributed by atoms with Crippen LogP contribution < -0.4 is 9.80 Å². The van der Waals surface area contributed by atoms with Gasteiger partial charge in [0.25, 0.3) is 0 Å². The molecule has 1 fully saturated rings. The number of nitrogens with zero attached hydrogens (tertiary/aromatic N) is 7. The van der Waals surface area contributed by atoms with Crippen LogP contribution in [-0.2, 0) is 24.1 Å². The summed E-state index contributed by atoms with van der Waals surface area (Å²) >= 11 is 1.74. The van der Waals surface area contributed by atoms with Gasteiger partial charge in [-0.2, -0.15) is 0 Å². The Kier molecular flexibility index (Phi) is 6.92. The van der Waals surface area contributed by atoms with Gasteiger partial charge in [-0.3, -0.25) is 9.88 Å². The number of anilines is 2. The molecule has 2 aliphatic rings. The molecule has 0 bridgehead atoms. The van der Waals surface area contributed by atoms with Crippen molar-refractivity contribution in [3.05, 3.63) is 47.5 Å². The van der Waals surface area contributed by atoms with E-state index in [9.17, 15) is 0 Å². The number of ether oxygens (including phenoxy) is 1. The van der Waals surface area contributed by atoms with Gasteiger partial charge in [0.05, 0.1) is 23.4 Å². The van der Waals surface area contributed by atoms with Crippen molar-refractivity contribution < 1.29 is 4.74 Å². The zero-order valence-corrected chi connectivity index (χ0v) is 23.7. The predicted molar refractivity (Wildman–Crippen MR) is 155 cm³/mol. The molecule has 0 radical (unpaired) electrons. The molecular weight excluding hydrogens is 494 g/mol. The molecule has 6 rings (SSSR count). The normalized spacial score (nSPS) is 17.3. The molecule has 4 aromatic heterocycles. The average Bonchev–Trinajstić information content (AvgIpc) is 3.47. The molecule has 1 aliphatic heterocycles. The zero-order valence-electron chi connectivity index (χ0n) is 22.9. The SMILES string of the molecule is CCN(C)c1nc2sc3c(N(CCN4CCOCC4)Cc4cccnc4)ncnc3c2c2c1CC(C)(C)C2. The fourth-order valence-electron chi connectivity index (χ4n) is 5.84. The Bertz CT molecular complexity index is 1430. The van der Waals surface area contributed by atoms with Gasteiger partial charge in [0, 0.05) is 64.1 Å². The van der Waals surface area contributed by atoms with E-state index < -0.39 is 0 Å². The van der Waals surface area contributed by atoms with Crippen LogP contribution >= 0.6 is 11.3 Å². The van der Waals surface area contributed by atoms with Crippen LogP contribution in [0.1, 0.15) is 37.5 Å². The summed E-state index contributed by atoms with van der Waals surface area (Å²) in [6, 6.07) is 4.15. The van der Waals surface area contributed by atoms with E-state index in [-0.39, 0.29) is 5.41 Å². The van der Waals surface area contributed by atoms with Crippen LogP contribution in [0.2, 0.25) is 0 Å². The first-order valence-corrected chi connectivity index (χ1v) is 14.5. The molecule has 0 amide bonds. The van der Waals surface area contributed by atoms with Crippen LogP contribution in [0.25, 0.3) is 20.4 Å². The lowest BCUT2D eigenvalue weighted by atomic mass is 9.90.